The molecule has 1 nitrogen and oxygen atoms in total. The molecule has 0 aliphatic rings. The Morgan fingerprint density at radius 1 is 1.06 bits per heavy atom. The van der Waals surface area contributed by atoms with E-state index in [0.29, 0.717) is 10.0 Å². The van der Waals surface area contributed by atoms with Crippen LogP contribution < -0.4 is 0 Å². The predicted molar refractivity (Wildman–Crippen MR) is 75.9 cm³/mol. The van der Waals surface area contributed by atoms with E-state index >= 15 is 0 Å². The van der Waals surface area contributed by atoms with E-state index in [2.05, 4.69) is 12.6 Å². The highest BCUT2D eigenvalue weighted by atomic mass is 35.5. The number of halogens is 2. The summed E-state index contributed by atoms with van der Waals surface area (Å²) in [6.07, 6.45) is 1.77. The molecule has 3 rings (SSSR count). The van der Waals surface area contributed by atoms with Crippen LogP contribution in [0.4, 0.5) is 0 Å². The van der Waals surface area contributed by atoms with Crippen LogP contribution in [0.25, 0.3) is 28.0 Å². The summed E-state index contributed by atoms with van der Waals surface area (Å²) in [5, 5.41) is 3.47. The molecule has 84 valence electrons. The van der Waals surface area contributed by atoms with Crippen molar-refractivity contribution in [3.63, 3.8) is 0 Å². The number of hydrogen-bond acceptors (Lipinski definition) is 0. The lowest BCUT2D eigenvalue weighted by Crippen LogP contribution is -1.84. The molecular formula is C14H9Cl2N. The number of aromatic nitrogens is 1. The SMILES string of the molecule is C=Cn1c2ccccc2c2cc(Cl)cc(Cl)c21. The van der Waals surface area contributed by atoms with Gasteiger partial charge in [0.05, 0.1) is 16.1 Å². The van der Waals surface area contributed by atoms with Gasteiger partial charge in [0.15, 0.2) is 0 Å². The molecule has 0 atom stereocenters. The fourth-order valence-electron chi connectivity index (χ4n) is 2.24. The van der Waals surface area contributed by atoms with Crippen LogP contribution in [0.5, 0.6) is 0 Å². The van der Waals surface area contributed by atoms with Crippen LogP contribution in [0.1, 0.15) is 0 Å². The molecule has 0 fully saturated rings. The van der Waals surface area contributed by atoms with Crippen LogP contribution >= 0.6 is 23.2 Å². The third-order valence-corrected chi connectivity index (χ3v) is 3.41. The fraction of sp³-hybridized carbons (Fsp3) is 0. The second-order valence-corrected chi connectivity index (χ2v) is 4.70. The fourth-order valence-corrected chi connectivity index (χ4v) is 2.82. The van der Waals surface area contributed by atoms with Gasteiger partial charge in [-0.1, -0.05) is 48.0 Å². The first-order valence-corrected chi connectivity index (χ1v) is 5.98. The number of rotatable bonds is 1. The second kappa shape index (κ2) is 3.80. The summed E-state index contributed by atoms with van der Waals surface area (Å²) in [6, 6.07) is 11.8. The first kappa shape index (κ1) is 10.7. The number of hydrogen-bond donors (Lipinski definition) is 0. The van der Waals surface area contributed by atoms with Crippen LogP contribution in [-0.4, -0.2) is 4.57 Å². The molecule has 0 aliphatic carbocycles. The Morgan fingerprint density at radius 2 is 1.82 bits per heavy atom. The maximum atomic E-state index is 6.26. The van der Waals surface area contributed by atoms with Crippen molar-refractivity contribution >= 4 is 51.2 Å². The van der Waals surface area contributed by atoms with Gasteiger partial charge >= 0.3 is 0 Å². The molecule has 0 radical (unpaired) electrons. The Kier molecular flexibility index (Phi) is 2.39. The van der Waals surface area contributed by atoms with Crippen molar-refractivity contribution < 1.29 is 0 Å². The maximum Gasteiger partial charge on any atom is 0.0722 e. The van der Waals surface area contributed by atoms with Gasteiger partial charge in [-0.15, -0.1) is 0 Å². The molecule has 0 aliphatic heterocycles. The van der Waals surface area contributed by atoms with Crippen LogP contribution in [0.3, 0.4) is 0 Å². The summed E-state index contributed by atoms with van der Waals surface area (Å²) in [5.74, 6) is 0. The largest absolute Gasteiger partial charge is 0.315 e. The zero-order valence-corrected chi connectivity index (χ0v) is 10.5. The van der Waals surface area contributed by atoms with Crippen molar-refractivity contribution in [2.75, 3.05) is 0 Å². The Bertz CT molecular complexity index is 741. The summed E-state index contributed by atoms with van der Waals surface area (Å²) in [5.41, 5.74) is 2.04. The Labute approximate surface area is 109 Å². The molecule has 0 amide bonds. The van der Waals surface area contributed by atoms with E-state index in [-0.39, 0.29) is 0 Å². The standard InChI is InChI=1S/C14H9Cl2N/c1-2-17-13-6-4-3-5-10(13)11-7-9(15)8-12(16)14(11)17/h2-8H,1H2. The van der Waals surface area contributed by atoms with E-state index in [9.17, 15) is 0 Å². The first-order chi connectivity index (χ1) is 8.22. The van der Waals surface area contributed by atoms with Crippen LogP contribution in [0.15, 0.2) is 43.0 Å². The van der Waals surface area contributed by atoms with E-state index in [4.69, 9.17) is 23.2 Å². The Morgan fingerprint density at radius 3 is 2.59 bits per heavy atom. The minimum absolute atomic E-state index is 0.642. The monoisotopic (exact) mass is 261 g/mol. The highest BCUT2D eigenvalue weighted by molar-refractivity contribution is 6.39. The van der Waals surface area contributed by atoms with Crippen molar-refractivity contribution in [2.24, 2.45) is 0 Å². The van der Waals surface area contributed by atoms with Crippen molar-refractivity contribution in [1.29, 1.82) is 0 Å². The van der Waals surface area contributed by atoms with Gasteiger partial charge in [0, 0.05) is 22.0 Å². The number of fused-ring (bicyclic) bond motifs is 3. The molecule has 0 spiro atoms. The molecule has 0 N–H and O–H groups in total. The molecule has 1 heterocycles. The third kappa shape index (κ3) is 1.47. The maximum absolute atomic E-state index is 6.26. The van der Waals surface area contributed by atoms with Gasteiger partial charge in [-0.05, 0) is 18.2 Å². The van der Waals surface area contributed by atoms with Gasteiger partial charge in [0.25, 0.3) is 0 Å². The van der Waals surface area contributed by atoms with Crippen molar-refractivity contribution in [3.8, 4) is 0 Å². The summed E-state index contributed by atoms with van der Waals surface area (Å²) in [4.78, 5) is 0. The zero-order chi connectivity index (χ0) is 12.0. The lowest BCUT2D eigenvalue weighted by Gasteiger charge is -2.01. The highest BCUT2D eigenvalue weighted by Gasteiger charge is 2.12. The summed E-state index contributed by atoms with van der Waals surface area (Å²) in [6.45, 7) is 3.84. The molecule has 2 aromatic carbocycles. The molecule has 0 saturated carbocycles. The molecule has 0 bridgehead atoms. The lowest BCUT2D eigenvalue weighted by atomic mass is 10.1. The van der Waals surface area contributed by atoms with Gasteiger partial charge in [-0.25, -0.2) is 0 Å². The van der Waals surface area contributed by atoms with E-state index in [1.54, 1.807) is 12.3 Å². The molecule has 17 heavy (non-hydrogen) atoms. The molecular weight excluding hydrogens is 253 g/mol. The minimum Gasteiger partial charge on any atom is -0.315 e. The van der Waals surface area contributed by atoms with Crippen LogP contribution in [0.2, 0.25) is 10.0 Å². The molecule has 1 aromatic heterocycles. The van der Waals surface area contributed by atoms with Crippen molar-refractivity contribution in [1.82, 2.24) is 4.57 Å². The van der Waals surface area contributed by atoms with E-state index in [1.165, 1.54) is 0 Å². The van der Waals surface area contributed by atoms with E-state index < -0.39 is 0 Å². The first-order valence-electron chi connectivity index (χ1n) is 5.22. The van der Waals surface area contributed by atoms with Crippen molar-refractivity contribution in [3.05, 3.63) is 53.0 Å². The second-order valence-electron chi connectivity index (χ2n) is 3.85. The Balaban J connectivity index is 2.68. The summed E-state index contributed by atoms with van der Waals surface area (Å²) in [7, 11) is 0. The lowest BCUT2D eigenvalue weighted by molar-refractivity contribution is 1.30. The van der Waals surface area contributed by atoms with Crippen molar-refractivity contribution in [2.45, 2.75) is 0 Å². The quantitative estimate of drug-likeness (QED) is 0.567. The smallest absolute Gasteiger partial charge is 0.0722 e. The van der Waals surface area contributed by atoms with Gasteiger partial charge in [-0.3, -0.25) is 0 Å². The molecule has 3 heteroatoms. The van der Waals surface area contributed by atoms with Gasteiger partial charge in [0.1, 0.15) is 0 Å². The molecule has 0 saturated heterocycles. The van der Waals surface area contributed by atoms with Gasteiger partial charge < -0.3 is 4.57 Å². The van der Waals surface area contributed by atoms with Gasteiger partial charge in [-0.2, -0.15) is 0 Å². The molecule has 3 aromatic rings. The summed E-state index contributed by atoms with van der Waals surface area (Å²) < 4.78 is 1.99. The summed E-state index contributed by atoms with van der Waals surface area (Å²) >= 11 is 12.3. The predicted octanol–water partition coefficient (Wildman–Crippen LogP) is 5.20. The minimum atomic E-state index is 0.642. The third-order valence-electron chi connectivity index (χ3n) is 2.91. The van der Waals surface area contributed by atoms with Crippen LogP contribution in [-0.2, 0) is 0 Å². The van der Waals surface area contributed by atoms with Gasteiger partial charge in [0.2, 0.25) is 0 Å². The average Bonchev–Trinajstić information content (AvgIpc) is 2.63. The highest BCUT2D eigenvalue weighted by Crippen LogP contribution is 2.35. The zero-order valence-electron chi connectivity index (χ0n) is 8.95. The van der Waals surface area contributed by atoms with E-state index in [1.807, 2.05) is 28.8 Å². The normalized spacial score (nSPS) is 11.2. The number of nitrogens with zero attached hydrogens (tertiary/aromatic N) is 1. The number of benzene rings is 2. The van der Waals surface area contributed by atoms with E-state index in [0.717, 1.165) is 21.8 Å². The molecule has 0 unspecified atom stereocenters. The Hall–Kier alpha value is -1.44. The number of para-hydroxylation sites is 1. The van der Waals surface area contributed by atoms with Crippen LogP contribution in [0, 0.1) is 0 Å². The average molecular weight is 262 g/mol. The topological polar surface area (TPSA) is 4.93 Å².